The molecule has 0 spiro atoms. The van der Waals surface area contributed by atoms with Gasteiger partial charge in [-0.25, -0.2) is 0 Å². The predicted molar refractivity (Wildman–Crippen MR) is 68.8 cm³/mol. The smallest absolute Gasteiger partial charge is 0.0695 e. The zero-order chi connectivity index (χ0) is 11.7. The highest BCUT2D eigenvalue weighted by molar-refractivity contribution is 5.28. The van der Waals surface area contributed by atoms with Gasteiger partial charge in [0.1, 0.15) is 0 Å². The summed E-state index contributed by atoms with van der Waals surface area (Å²) < 4.78 is 0. The Labute approximate surface area is 103 Å². The maximum absolute atomic E-state index is 10.0. The Morgan fingerprint density at radius 2 is 2.00 bits per heavy atom. The van der Waals surface area contributed by atoms with Gasteiger partial charge in [0.15, 0.2) is 0 Å². The average molecular weight is 231 g/mol. The number of hydrogen-bond donors (Lipinski definition) is 1. The van der Waals surface area contributed by atoms with E-state index in [9.17, 15) is 5.11 Å². The van der Waals surface area contributed by atoms with Crippen LogP contribution in [0.25, 0.3) is 0 Å². The van der Waals surface area contributed by atoms with E-state index in [-0.39, 0.29) is 6.10 Å². The van der Waals surface area contributed by atoms with E-state index < -0.39 is 0 Å². The van der Waals surface area contributed by atoms with Crippen LogP contribution in [0, 0.1) is 5.92 Å². The number of fused-ring (bicyclic) bond motifs is 1. The zero-order valence-electron chi connectivity index (χ0n) is 10.3. The molecule has 1 heterocycles. The van der Waals surface area contributed by atoms with Crippen molar-refractivity contribution in [2.45, 2.75) is 38.3 Å². The van der Waals surface area contributed by atoms with E-state index in [1.807, 2.05) is 0 Å². The van der Waals surface area contributed by atoms with Crippen LogP contribution in [0.5, 0.6) is 0 Å². The van der Waals surface area contributed by atoms with Crippen molar-refractivity contribution in [2.75, 3.05) is 13.1 Å². The van der Waals surface area contributed by atoms with Gasteiger partial charge in [-0.2, -0.15) is 0 Å². The molecular weight excluding hydrogens is 210 g/mol. The Hall–Kier alpha value is -0.860. The summed E-state index contributed by atoms with van der Waals surface area (Å²) in [6.07, 6.45) is 4.76. The molecule has 1 aliphatic heterocycles. The van der Waals surface area contributed by atoms with Crippen molar-refractivity contribution in [2.24, 2.45) is 5.92 Å². The van der Waals surface area contributed by atoms with Crippen molar-refractivity contribution in [3.8, 4) is 0 Å². The van der Waals surface area contributed by atoms with Gasteiger partial charge < -0.3 is 5.11 Å². The third kappa shape index (κ3) is 2.70. The third-order valence-electron chi connectivity index (χ3n) is 4.04. The number of benzene rings is 1. The van der Waals surface area contributed by atoms with Gasteiger partial charge in [0.2, 0.25) is 0 Å². The van der Waals surface area contributed by atoms with Gasteiger partial charge in [-0.3, -0.25) is 4.90 Å². The SMILES string of the molecule is OC(CN1CCCc2ccccc2C1)C1CC1. The van der Waals surface area contributed by atoms with Crippen LogP contribution in [0.15, 0.2) is 24.3 Å². The molecule has 1 fully saturated rings. The lowest BCUT2D eigenvalue weighted by molar-refractivity contribution is 0.0923. The molecule has 1 aromatic carbocycles. The first kappa shape index (κ1) is 11.2. The highest BCUT2D eigenvalue weighted by atomic mass is 16.3. The molecule has 1 aromatic rings. The molecule has 2 heteroatoms. The van der Waals surface area contributed by atoms with E-state index in [0.29, 0.717) is 5.92 Å². The first-order valence-electron chi connectivity index (χ1n) is 6.80. The van der Waals surface area contributed by atoms with Crippen LogP contribution < -0.4 is 0 Å². The van der Waals surface area contributed by atoms with Gasteiger partial charge in [-0.1, -0.05) is 24.3 Å². The quantitative estimate of drug-likeness (QED) is 0.862. The van der Waals surface area contributed by atoms with Crippen LogP contribution in [0.4, 0.5) is 0 Å². The summed E-state index contributed by atoms with van der Waals surface area (Å²) >= 11 is 0. The van der Waals surface area contributed by atoms with Gasteiger partial charge in [0, 0.05) is 13.1 Å². The number of β-amino-alcohol motifs (C(OH)–C–C–N with tert-alkyl or cyclic N) is 1. The van der Waals surface area contributed by atoms with Crippen LogP contribution in [0.3, 0.4) is 0 Å². The summed E-state index contributed by atoms with van der Waals surface area (Å²) in [6, 6.07) is 8.74. The molecule has 2 nitrogen and oxygen atoms in total. The van der Waals surface area contributed by atoms with Crippen molar-refractivity contribution in [3.63, 3.8) is 0 Å². The van der Waals surface area contributed by atoms with Crippen LogP contribution in [0.2, 0.25) is 0 Å². The molecule has 1 atom stereocenters. The normalized spacial score (nSPS) is 22.9. The van der Waals surface area contributed by atoms with Gasteiger partial charge in [-0.15, -0.1) is 0 Å². The third-order valence-corrected chi connectivity index (χ3v) is 4.04. The molecule has 17 heavy (non-hydrogen) atoms. The van der Waals surface area contributed by atoms with Crippen LogP contribution in [-0.2, 0) is 13.0 Å². The van der Waals surface area contributed by atoms with E-state index >= 15 is 0 Å². The van der Waals surface area contributed by atoms with E-state index in [1.54, 1.807) is 0 Å². The van der Waals surface area contributed by atoms with E-state index in [2.05, 4.69) is 29.2 Å². The van der Waals surface area contributed by atoms with Crippen molar-refractivity contribution in [3.05, 3.63) is 35.4 Å². The van der Waals surface area contributed by atoms with Gasteiger partial charge in [-0.05, 0) is 49.3 Å². The molecular formula is C15H21NO. The zero-order valence-corrected chi connectivity index (χ0v) is 10.3. The predicted octanol–water partition coefficient (Wildman–Crippen LogP) is 2.21. The average Bonchev–Trinajstić information content (AvgIpc) is 3.15. The monoisotopic (exact) mass is 231 g/mol. The maximum Gasteiger partial charge on any atom is 0.0695 e. The fourth-order valence-corrected chi connectivity index (χ4v) is 2.82. The molecule has 0 amide bonds. The second-order valence-corrected chi connectivity index (χ2v) is 5.51. The van der Waals surface area contributed by atoms with Gasteiger partial charge >= 0.3 is 0 Å². The van der Waals surface area contributed by atoms with Crippen LogP contribution in [0.1, 0.15) is 30.4 Å². The summed E-state index contributed by atoms with van der Waals surface area (Å²) in [5.74, 6) is 0.591. The number of aliphatic hydroxyl groups excluding tert-OH is 1. The number of hydrogen-bond acceptors (Lipinski definition) is 2. The van der Waals surface area contributed by atoms with Crippen molar-refractivity contribution in [1.29, 1.82) is 0 Å². The minimum atomic E-state index is -0.0970. The second kappa shape index (κ2) is 4.79. The summed E-state index contributed by atoms with van der Waals surface area (Å²) in [5.41, 5.74) is 2.95. The molecule has 92 valence electrons. The Balaban J connectivity index is 1.67. The Bertz CT molecular complexity index is 386. The molecule has 1 unspecified atom stereocenters. The Morgan fingerprint density at radius 3 is 2.76 bits per heavy atom. The van der Waals surface area contributed by atoms with Crippen molar-refractivity contribution in [1.82, 2.24) is 4.90 Å². The molecule has 1 N–H and O–H groups in total. The topological polar surface area (TPSA) is 23.5 Å². The van der Waals surface area contributed by atoms with E-state index in [1.165, 1.54) is 36.8 Å². The molecule has 3 rings (SSSR count). The minimum Gasteiger partial charge on any atom is -0.392 e. The molecule has 1 saturated carbocycles. The summed E-state index contributed by atoms with van der Waals surface area (Å²) in [6.45, 7) is 3.00. The number of nitrogens with zero attached hydrogens (tertiary/aromatic N) is 1. The lowest BCUT2D eigenvalue weighted by Crippen LogP contribution is -2.33. The lowest BCUT2D eigenvalue weighted by atomic mass is 10.0. The largest absolute Gasteiger partial charge is 0.392 e. The summed E-state index contributed by atoms with van der Waals surface area (Å²) in [5, 5.41) is 10.0. The molecule has 0 aromatic heterocycles. The fourth-order valence-electron chi connectivity index (χ4n) is 2.82. The maximum atomic E-state index is 10.0. The number of aryl methyl sites for hydroxylation is 1. The summed E-state index contributed by atoms with van der Waals surface area (Å²) in [4.78, 5) is 2.43. The fraction of sp³-hybridized carbons (Fsp3) is 0.600. The first-order chi connectivity index (χ1) is 8.33. The summed E-state index contributed by atoms with van der Waals surface area (Å²) in [7, 11) is 0. The van der Waals surface area contributed by atoms with E-state index in [0.717, 1.165) is 19.6 Å². The highest BCUT2D eigenvalue weighted by Gasteiger charge is 2.31. The molecule has 0 bridgehead atoms. The van der Waals surface area contributed by atoms with Crippen molar-refractivity contribution >= 4 is 0 Å². The Kier molecular flexibility index (Phi) is 3.17. The molecule has 1 aliphatic carbocycles. The number of rotatable bonds is 3. The number of aliphatic hydroxyl groups is 1. The lowest BCUT2D eigenvalue weighted by Gasteiger charge is -2.23. The van der Waals surface area contributed by atoms with E-state index in [4.69, 9.17) is 0 Å². The second-order valence-electron chi connectivity index (χ2n) is 5.51. The molecule has 0 saturated heterocycles. The Morgan fingerprint density at radius 1 is 1.24 bits per heavy atom. The van der Waals surface area contributed by atoms with Crippen molar-refractivity contribution < 1.29 is 5.11 Å². The van der Waals surface area contributed by atoms with Gasteiger partial charge in [0.25, 0.3) is 0 Å². The highest BCUT2D eigenvalue weighted by Crippen LogP contribution is 2.33. The minimum absolute atomic E-state index is 0.0970. The van der Waals surface area contributed by atoms with Gasteiger partial charge in [0.05, 0.1) is 6.10 Å². The standard InChI is InChI=1S/C15H21NO/c17-15(13-7-8-13)11-16-9-3-6-12-4-1-2-5-14(12)10-16/h1-2,4-5,13,15,17H,3,6-11H2. The molecule has 2 aliphatic rings. The first-order valence-corrected chi connectivity index (χ1v) is 6.80. The molecule has 0 radical (unpaired) electrons. The van der Waals surface area contributed by atoms with Crippen LogP contribution >= 0.6 is 0 Å². The van der Waals surface area contributed by atoms with Crippen LogP contribution in [-0.4, -0.2) is 29.2 Å².